The van der Waals surface area contributed by atoms with Gasteiger partial charge in [-0.3, -0.25) is 10.3 Å². The Morgan fingerprint density at radius 3 is 2.66 bits per heavy atom. The molecule has 1 aromatic carbocycles. The highest BCUT2D eigenvalue weighted by molar-refractivity contribution is 6.05. The maximum atomic E-state index is 5.16. The third kappa shape index (κ3) is 5.44. The Bertz CT molecular complexity index is 1220. The number of amidine groups is 1. The van der Waals surface area contributed by atoms with Crippen LogP contribution in [0.2, 0.25) is 0 Å². The van der Waals surface area contributed by atoms with Crippen LogP contribution in [-0.4, -0.2) is 59.3 Å². The number of likely N-dealkylation sites (tertiary alicyclic amines) is 1. The van der Waals surface area contributed by atoms with Gasteiger partial charge in [-0.2, -0.15) is 0 Å². The first-order chi connectivity index (χ1) is 17.0. The standard InChI is InChI=1S/C29H36N6/c1-20-11-25(16-30-14-20)27-17-32-28(33-29(27)31-15-22-7-6-10-34(3)18-22)24-9-5-8-23(13-24)26-12-21(2)35(4)19-26/h5,8-9,11-14,16-17,19,22,27,29,31H,6-7,10,15,18H2,1-4H3. The first-order valence-corrected chi connectivity index (χ1v) is 12.7. The minimum Gasteiger partial charge on any atom is -0.354 e. The molecule has 182 valence electrons. The van der Waals surface area contributed by atoms with Gasteiger partial charge in [-0.25, -0.2) is 9.98 Å². The molecule has 5 rings (SSSR count). The van der Waals surface area contributed by atoms with Crippen LogP contribution in [0.15, 0.2) is 65.0 Å². The predicted octanol–water partition coefficient (Wildman–Crippen LogP) is 4.58. The van der Waals surface area contributed by atoms with Gasteiger partial charge >= 0.3 is 0 Å². The Morgan fingerprint density at radius 1 is 1.03 bits per heavy atom. The molecule has 3 unspecified atom stereocenters. The lowest BCUT2D eigenvalue weighted by molar-refractivity contribution is 0.202. The molecule has 0 bridgehead atoms. The minimum absolute atomic E-state index is 0.0624. The summed E-state index contributed by atoms with van der Waals surface area (Å²) in [6.45, 7) is 7.51. The molecule has 0 radical (unpaired) electrons. The first-order valence-electron chi connectivity index (χ1n) is 12.7. The average Bonchev–Trinajstić information content (AvgIpc) is 3.21. The van der Waals surface area contributed by atoms with Crippen LogP contribution in [0.25, 0.3) is 11.1 Å². The molecule has 2 aliphatic rings. The van der Waals surface area contributed by atoms with Crippen molar-refractivity contribution in [1.29, 1.82) is 0 Å². The molecule has 4 heterocycles. The summed E-state index contributed by atoms with van der Waals surface area (Å²) in [5.41, 5.74) is 7.00. The lowest BCUT2D eigenvalue weighted by atomic mass is 9.94. The fraction of sp³-hybridized carbons (Fsp3) is 0.414. The van der Waals surface area contributed by atoms with Crippen LogP contribution < -0.4 is 5.32 Å². The topological polar surface area (TPSA) is 57.8 Å². The maximum absolute atomic E-state index is 5.16. The van der Waals surface area contributed by atoms with Gasteiger partial charge in [0.1, 0.15) is 6.17 Å². The first kappa shape index (κ1) is 23.6. The molecule has 2 aromatic heterocycles. The molecule has 3 atom stereocenters. The highest BCUT2D eigenvalue weighted by Gasteiger charge is 2.27. The zero-order valence-corrected chi connectivity index (χ0v) is 21.3. The van der Waals surface area contributed by atoms with E-state index in [1.807, 2.05) is 12.4 Å². The molecule has 0 saturated carbocycles. The van der Waals surface area contributed by atoms with E-state index in [1.54, 1.807) is 0 Å². The number of pyridine rings is 1. The van der Waals surface area contributed by atoms with Gasteiger partial charge in [0.05, 0.1) is 5.92 Å². The zero-order chi connectivity index (χ0) is 24.4. The largest absolute Gasteiger partial charge is 0.354 e. The summed E-state index contributed by atoms with van der Waals surface area (Å²) in [6.07, 6.45) is 10.5. The average molecular weight is 469 g/mol. The number of hydrogen-bond donors (Lipinski definition) is 1. The van der Waals surface area contributed by atoms with E-state index in [0.717, 1.165) is 35.6 Å². The van der Waals surface area contributed by atoms with Gasteiger partial charge in [0.2, 0.25) is 0 Å². The number of piperidine rings is 1. The summed E-state index contributed by atoms with van der Waals surface area (Å²) in [5, 5.41) is 3.80. The van der Waals surface area contributed by atoms with Crippen molar-refractivity contribution in [2.75, 3.05) is 26.7 Å². The highest BCUT2D eigenvalue weighted by Crippen LogP contribution is 2.27. The lowest BCUT2D eigenvalue weighted by Crippen LogP contribution is -2.43. The van der Waals surface area contributed by atoms with Crippen molar-refractivity contribution >= 4 is 12.1 Å². The van der Waals surface area contributed by atoms with Crippen molar-refractivity contribution in [1.82, 2.24) is 19.8 Å². The van der Waals surface area contributed by atoms with Crippen molar-refractivity contribution < 1.29 is 0 Å². The second-order valence-corrected chi connectivity index (χ2v) is 10.2. The van der Waals surface area contributed by atoms with Gasteiger partial charge in [-0.15, -0.1) is 0 Å². The third-order valence-corrected chi connectivity index (χ3v) is 7.29. The van der Waals surface area contributed by atoms with Crippen LogP contribution in [-0.2, 0) is 7.05 Å². The van der Waals surface area contributed by atoms with Crippen LogP contribution in [0.1, 0.15) is 41.1 Å². The summed E-state index contributed by atoms with van der Waals surface area (Å²) in [5.74, 6) is 1.49. The Hall–Kier alpha value is -3.09. The molecule has 2 aliphatic heterocycles. The highest BCUT2D eigenvalue weighted by atomic mass is 15.1. The van der Waals surface area contributed by atoms with E-state index in [9.17, 15) is 0 Å². The Kier molecular flexibility index (Phi) is 6.93. The van der Waals surface area contributed by atoms with Gasteiger partial charge in [-0.05, 0) is 80.6 Å². The van der Waals surface area contributed by atoms with Crippen molar-refractivity contribution in [3.63, 3.8) is 0 Å². The van der Waals surface area contributed by atoms with E-state index in [4.69, 9.17) is 9.98 Å². The van der Waals surface area contributed by atoms with Crippen LogP contribution >= 0.6 is 0 Å². The van der Waals surface area contributed by atoms with E-state index in [2.05, 4.69) is 96.5 Å². The number of nitrogens with zero attached hydrogens (tertiary/aromatic N) is 5. The van der Waals surface area contributed by atoms with Crippen molar-refractivity contribution in [3.8, 4) is 11.1 Å². The van der Waals surface area contributed by atoms with Gasteiger partial charge in [0, 0.05) is 56.2 Å². The molecule has 0 aliphatic carbocycles. The number of rotatable bonds is 6. The zero-order valence-electron chi connectivity index (χ0n) is 21.3. The smallest absolute Gasteiger partial charge is 0.155 e. The molecule has 1 saturated heterocycles. The number of benzene rings is 1. The molecule has 0 amide bonds. The fourth-order valence-corrected chi connectivity index (χ4v) is 5.23. The van der Waals surface area contributed by atoms with Crippen LogP contribution in [0.3, 0.4) is 0 Å². The maximum Gasteiger partial charge on any atom is 0.155 e. The fourth-order valence-electron chi connectivity index (χ4n) is 5.23. The third-order valence-electron chi connectivity index (χ3n) is 7.29. The Labute approximate surface area is 208 Å². The quantitative estimate of drug-likeness (QED) is 0.576. The van der Waals surface area contributed by atoms with Gasteiger partial charge in [0.15, 0.2) is 5.84 Å². The number of aryl methyl sites for hydroxylation is 3. The van der Waals surface area contributed by atoms with Crippen molar-refractivity contribution in [2.24, 2.45) is 23.0 Å². The molecular formula is C29H36N6. The summed E-state index contributed by atoms with van der Waals surface area (Å²) < 4.78 is 2.15. The number of nitrogens with one attached hydrogen (secondary N) is 1. The normalized spacial score (nSPS) is 22.9. The number of hydrogen-bond acceptors (Lipinski definition) is 5. The molecule has 0 spiro atoms. The van der Waals surface area contributed by atoms with Gasteiger partial charge < -0.3 is 9.47 Å². The Morgan fingerprint density at radius 2 is 1.89 bits per heavy atom. The summed E-state index contributed by atoms with van der Waals surface area (Å²) in [7, 11) is 4.30. The van der Waals surface area contributed by atoms with Gasteiger partial charge in [-0.1, -0.05) is 24.3 Å². The van der Waals surface area contributed by atoms with Crippen LogP contribution in [0, 0.1) is 19.8 Å². The molecule has 35 heavy (non-hydrogen) atoms. The minimum atomic E-state index is -0.0686. The molecule has 3 aromatic rings. The van der Waals surface area contributed by atoms with E-state index in [1.165, 1.54) is 36.2 Å². The molecule has 1 fully saturated rings. The van der Waals surface area contributed by atoms with Crippen molar-refractivity contribution in [2.45, 2.75) is 38.8 Å². The second-order valence-electron chi connectivity index (χ2n) is 10.2. The Balaban J connectivity index is 1.42. The molecule has 1 N–H and O–H groups in total. The second kappa shape index (κ2) is 10.3. The van der Waals surface area contributed by atoms with Gasteiger partial charge in [0.25, 0.3) is 0 Å². The lowest BCUT2D eigenvalue weighted by Gasteiger charge is -2.32. The number of aliphatic imine (C=N–C) groups is 2. The summed E-state index contributed by atoms with van der Waals surface area (Å²) in [6, 6.07) is 13.0. The monoisotopic (exact) mass is 468 g/mol. The summed E-state index contributed by atoms with van der Waals surface area (Å²) >= 11 is 0. The van der Waals surface area contributed by atoms with Crippen LogP contribution in [0.4, 0.5) is 0 Å². The molecule has 6 heteroatoms. The van der Waals surface area contributed by atoms with Crippen LogP contribution in [0.5, 0.6) is 0 Å². The van der Waals surface area contributed by atoms with E-state index in [0.29, 0.717) is 5.92 Å². The predicted molar refractivity (Wildman–Crippen MR) is 144 cm³/mol. The van der Waals surface area contributed by atoms with E-state index >= 15 is 0 Å². The molecule has 6 nitrogen and oxygen atoms in total. The van der Waals surface area contributed by atoms with Crippen molar-refractivity contribution in [3.05, 3.63) is 77.4 Å². The SMILES string of the molecule is Cc1cncc(C2C=NC(c3cccc(-c4cc(C)n(C)c4)c3)=NC2NCC2CCCN(C)C2)c1. The van der Waals surface area contributed by atoms with E-state index in [-0.39, 0.29) is 12.1 Å². The van der Waals surface area contributed by atoms with E-state index < -0.39 is 0 Å². The number of aromatic nitrogens is 2. The molecular weight excluding hydrogens is 432 g/mol. The summed E-state index contributed by atoms with van der Waals surface area (Å²) in [4.78, 5) is 16.9.